The summed E-state index contributed by atoms with van der Waals surface area (Å²) in [5.74, 6) is 0.885. The van der Waals surface area contributed by atoms with Gasteiger partial charge in [0, 0.05) is 15.2 Å². The van der Waals surface area contributed by atoms with Crippen LogP contribution >= 0.6 is 63.7 Å². The Morgan fingerprint density at radius 2 is 1.69 bits per heavy atom. The predicted octanol–water partition coefficient (Wildman–Crippen LogP) is 5.53. The van der Waals surface area contributed by atoms with Crippen molar-refractivity contribution in [1.29, 1.82) is 0 Å². The van der Waals surface area contributed by atoms with Crippen molar-refractivity contribution in [1.82, 2.24) is 0 Å². The van der Waals surface area contributed by atoms with Crippen LogP contribution in [-0.2, 0) is 0 Å². The minimum Gasteiger partial charge on any atom is -0.491 e. The fraction of sp³-hybridized carbons (Fsp3) is 0.455. The monoisotopic (exact) mass is 474 g/mol. The van der Waals surface area contributed by atoms with Crippen LogP contribution < -0.4 is 4.74 Å². The lowest BCUT2D eigenvalue weighted by molar-refractivity contribution is 0.248. The van der Waals surface area contributed by atoms with Crippen LogP contribution in [0.3, 0.4) is 0 Å². The highest BCUT2D eigenvalue weighted by atomic mass is 79.9. The van der Waals surface area contributed by atoms with E-state index in [0.717, 1.165) is 31.1 Å². The molecule has 0 spiro atoms. The molecule has 1 aromatic rings. The summed E-state index contributed by atoms with van der Waals surface area (Å²) in [5.41, 5.74) is 0.367. The van der Waals surface area contributed by atoms with Gasteiger partial charge in [-0.25, -0.2) is 0 Å². The Labute approximate surface area is 129 Å². The lowest BCUT2D eigenvalue weighted by Gasteiger charge is -2.15. The second-order valence-electron chi connectivity index (χ2n) is 4.12. The Morgan fingerprint density at radius 3 is 2.12 bits per heavy atom. The minimum atomic E-state index is 0.367. The SMILES string of the molecule is BrCC1(COc2c(Br)cc(Br)cc2Br)CC1. The third-order valence-corrected chi connectivity index (χ3v) is 5.55. The van der Waals surface area contributed by atoms with Gasteiger partial charge < -0.3 is 4.74 Å². The first kappa shape index (κ1) is 13.4. The summed E-state index contributed by atoms with van der Waals surface area (Å²) in [6, 6.07) is 3.99. The summed E-state index contributed by atoms with van der Waals surface area (Å²) in [7, 11) is 0. The second-order valence-corrected chi connectivity index (χ2v) is 7.31. The highest BCUT2D eigenvalue weighted by Crippen LogP contribution is 2.48. The molecule has 0 N–H and O–H groups in total. The maximum absolute atomic E-state index is 5.90. The first-order valence-electron chi connectivity index (χ1n) is 4.90. The highest BCUT2D eigenvalue weighted by Gasteiger charge is 2.42. The summed E-state index contributed by atoms with van der Waals surface area (Å²) in [6.07, 6.45) is 2.51. The van der Waals surface area contributed by atoms with Crippen molar-refractivity contribution in [2.45, 2.75) is 12.8 Å². The zero-order valence-electron chi connectivity index (χ0n) is 8.40. The van der Waals surface area contributed by atoms with E-state index in [4.69, 9.17) is 4.74 Å². The fourth-order valence-corrected chi connectivity index (χ4v) is 4.60. The van der Waals surface area contributed by atoms with Gasteiger partial charge in [0.05, 0.1) is 15.6 Å². The Balaban J connectivity index is 2.09. The maximum Gasteiger partial charge on any atom is 0.147 e. The Hall–Kier alpha value is 0.940. The van der Waals surface area contributed by atoms with E-state index in [0.29, 0.717) is 5.41 Å². The molecule has 0 saturated heterocycles. The van der Waals surface area contributed by atoms with Crippen LogP contribution in [0.15, 0.2) is 25.6 Å². The number of ether oxygens (including phenoxy) is 1. The highest BCUT2D eigenvalue weighted by molar-refractivity contribution is 9.11. The van der Waals surface area contributed by atoms with Gasteiger partial charge in [-0.05, 0) is 56.8 Å². The van der Waals surface area contributed by atoms with Crippen LogP contribution in [0, 0.1) is 5.41 Å². The van der Waals surface area contributed by atoms with Gasteiger partial charge in [-0.15, -0.1) is 0 Å². The molecule has 1 fully saturated rings. The Morgan fingerprint density at radius 1 is 1.12 bits per heavy atom. The van der Waals surface area contributed by atoms with E-state index in [1.54, 1.807) is 0 Å². The number of benzene rings is 1. The molecule has 1 aromatic carbocycles. The van der Waals surface area contributed by atoms with Gasteiger partial charge in [-0.3, -0.25) is 0 Å². The Bertz CT molecular complexity index is 378. The molecule has 1 aliphatic rings. The average Bonchev–Trinajstić information content (AvgIpc) is 2.97. The van der Waals surface area contributed by atoms with Gasteiger partial charge in [-0.2, -0.15) is 0 Å². The molecule has 2 rings (SSSR count). The zero-order chi connectivity index (χ0) is 11.8. The topological polar surface area (TPSA) is 9.23 Å². The van der Waals surface area contributed by atoms with Gasteiger partial charge >= 0.3 is 0 Å². The van der Waals surface area contributed by atoms with Crippen molar-refractivity contribution in [3.8, 4) is 5.75 Å². The van der Waals surface area contributed by atoms with E-state index in [9.17, 15) is 0 Å². The van der Waals surface area contributed by atoms with Crippen LogP contribution in [0.2, 0.25) is 0 Å². The molecule has 1 nitrogen and oxygen atoms in total. The quantitative estimate of drug-likeness (QED) is 0.518. The summed E-state index contributed by atoms with van der Waals surface area (Å²) < 4.78 is 8.87. The minimum absolute atomic E-state index is 0.367. The third kappa shape index (κ3) is 3.03. The molecule has 0 atom stereocenters. The fourth-order valence-electron chi connectivity index (χ4n) is 1.39. The number of hydrogen-bond donors (Lipinski definition) is 0. The van der Waals surface area contributed by atoms with Gasteiger partial charge in [0.15, 0.2) is 0 Å². The number of halogens is 4. The summed E-state index contributed by atoms with van der Waals surface area (Å²) in [6.45, 7) is 0.775. The third-order valence-electron chi connectivity index (χ3n) is 2.73. The molecule has 0 aliphatic heterocycles. The molecule has 0 amide bonds. The number of rotatable bonds is 4. The Kier molecular flexibility index (Phi) is 4.42. The molecule has 0 heterocycles. The zero-order valence-corrected chi connectivity index (χ0v) is 14.7. The molecule has 88 valence electrons. The molecule has 0 radical (unpaired) electrons. The van der Waals surface area contributed by atoms with E-state index in [1.165, 1.54) is 12.8 Å². The lowest BCUT2D eigenvalue weighted by atomic mass is 10.2. The molecule has 0 bridgehead atoms. The smallest absolute Gasteiger partial charge is 0.147 e. The maximum atomic E-state index is 5.90. The van der Waals surface area contributed by atoms with E-state index in [1.807, 2.05) is 12.1 Å². The predicted molar refractivity (Wildman–Crippen MR) is 80.5 cm³/mol. The molecular formula is C11H10Br4O. The first-order valence-corrected chi connectivity index (χ1v) is 8.40. The van der Waals surface area contributed by atoms with E-state index in [-0.39, 0.29) is 0 Å². The van der Waals surface area contributed by atoms with E-state index >= 15 is 0 Å². The molecule has 1 aliphatic carbocycles. The molecule has 1 saturated carbocycles. The van der Waals surface area contributed by atoms with Crippen molar-refractivity contribution in [2.24, 2.45) is 5.41 Å². The molecule has 0 aromatic heterocycles. The summed E-state index contributed by atoms with van der Waals surface area (Å²) >= 11 is 14.0. The van der Waals surface area contributed by atoms with Crippen molar-refractivity contribution in [3.05, 3.63) is 25.6 Å². The second kappa shape index (κ2) is 5.29. The first-order chi connectivity index (χ1) is 7.56. The van der Waals surface area contributed by atoms with Crippen molar-refractivity contribution < 1.29 is 4.74 Å². The molecule has 5 heteroatoms. The van der Waals surface area contributed by atoms with Crippen LogP contribution in [0.5, 0.6) is 5.75 Å². The van der Waals surface area contributed by atoms with Crippen molar-refractivity contribution in [2.75, 3.05) is 11.9 Å². The average molecular weight is 478 g/mol. The number of hydrogen-bond acceptors (Lipinski definition) is 1. The molecule has 0 unspecified atom stereocenters. The van der Waals surface area contributed by atoms with Crippen LogP contribution in [0.1, 0.15) is 12.8 Å². The van der Waals surface area contributed by atoms with Gasteiger partial charge in [0.1, 0.15) is 5.75 Å². The standard InChI is InChI=1S/C11H10Br4O/c12-5-11(1-2-11)6-16-10-8(14)3-7(13)4-9(10)15/h3-4H,1-2,5-6H2. The molecular weight excluding hydrogens is 468 g/mol. The lowest BCUT2D eigenvalue weighted by Crippen LogP contribution is -2.14. The normalized spacial score (nSPS) is 17.2. The van der Waals surface area contributed by atoms with Crippen LogP contribution in [0.4, 0.5) is 0 Å². The van der Waals surface area contributed by atoms with Gasteiger partial charge in [0.2, 0.25) is 0 Å². The largest absolute Gasteiger partial charge is 0.491 e. The van der Waals surface area contributed by atoms with Crippen LogP contribution in [0.25, 0.3) is 0 Å². The summed E-state index contributed by atoms with van der Waals surface area (Å²) in [5, 5.41) is 1.02. The van der Waals surface area contributed by atoms with Gasteiger partial charge in [-0.1, -0.05) is 31.9 Å². The summed E-state index contributed by atoms with van der Waals surface area (Å²) in [4.78, 5) is 0. The van der Waals surface area contributed by atoms with Crippen molar-refractivity contribution >= 4 is 63.7 Å². The number of alkyl halides is 1. The van der Waals surface area contributed by atoms with E-state index < -0.39 is 0 Å². The molecule has 16 heavy (non-hydrogen) atoms. The van der Waals surface area contributed by atoms with Crippen LogP contribution in [-0.4, -0.2) is 11.9 Å². The van der Waals surface area contributed by atoms with E-state index in [2.05, 4.69) is 63.7 Å². The van der Waals surface area contributed by atoms with Crippen molar-refractivity contribution in [3.63, 3.8) is 0 Å². The van der Waals surface area contributed by atoms with Gasteiger partial charge in [0.25, 0.3) is 0 Å².